The molecular formula is C27H54O4. The van der Waals surface area contributed by atoms with E-state index >= 15 is 0 Å². The molecule has 0 radical (unpaired) electrons. The molecule has 0 spiro atoms. The fraction of sp³-hybridized carbons (Fsp3) is 0.963. The van der Waals surface area contributed by atoms with E-state index in [1.165, 1.54) is 109 Å². The lowest BCUT2D eigenvalue weighted by Crippen LogP contribution is -2.27. The van der Waals surface area contributed by atoms with Crippen molar-refractivity contribution in [3.8, 4) is 0 Å². The predicted molar refractivity (Wildman–Crippen MR) is 131 cm³/mol. The molecule has 0 saturated carbocycles. The van der Waals surface area contributed by atoms with Crippen molar-refractivity contribution >= 4 is 5.97 Å². The molecule has 0 saturated heterocycles. The number of hydrogen-bond acceptors (Lipinski definition) is 4. The Morgan fingerprint density at radius 1 is 0.645 bits per heavy atom. The molecule has 4 nitrogen and oxygen atoms in total. The minimum absolute atomic E-state index is 0.172. The zero-order valence-corrected chi connectivity index (χ0v) is 21.0. The first-order valence-electron chi connectivity index (χ1n) is 13.6. The molecule has 0 aromatic heterocycles. The molecule has 1 unspecified atom stereocenters. The number of carbonyl (C=O) groups is 1. The van der Waals surface area contributed by atoms with Crippen LogP contribution in [0.4, 0.5) is 0 Å². The number of ether oxygens (including phenoxy) is 2. The van der Waals surface area contributed by atoms with Gasteiger partial charge in [0.1, 0.15) is 6.10 Å². The summed E-state index contributed by atoms with van der Waals surface area (Å²) in [5, 5.41) is 9.24. The number of hydrogen-bond donors (Lipinski definition) is 1. The van der Waals surface area contributed by atoms with Gasteiger partial charge < -0.3 is 14.6 Å². The van der Waals surface area contributed by atoms with Crippen LogP contribution in [0.2, 0.25) is 0 Å². The average molecular weight is 443 g/mol. The van der Waals surface area contributed by atoms with Crippen LogP contribution in [-0.2, 0) is 14.3 Å². The Kier molecular flexibility index (Phi) is 25.1. The van der Waals surface area contributed by atoms with E-state index in [0.717, 1.165) is 12.8 Å². The lowest BCUT2D eigenvalue weighted by molar-refractivity contribution is -0.154. The van der Waals surface area contributed by atoms with Gasteiger partial charge in [0, 0.05) is 13.0 Å². The van der Waals surface area contributed by atoms with E-state index in [9.17, 15) is 9.90 Å². The van der Waals surface area contributed by atoms with Crippen molar-refractivity contribution in [2.45, 2.75) is 148 Å². The van der Waals surface area contributed by atoms with E-state index in [1.54, 1.807) is 0 Å². The van der Waals surface area contributed by atoms with Crippen molar-refractivity contribution in [2.24, 2.45) is 0 Å². The molecule has 1 N–H and O–H groups in total. The molecule has 0 aromatic rings. The molecule has 1 atom stereocenters. The Morgan fingerprint density at radius 3 is 1.45 bits per heavy atom. The summed E-state index contributed by atoms with van der Waals surface area (Å²) >= 11 is 0. The van der Waals surface area contributed by atoms with Gasteiger partial charge in [0.2, 0.25) is 0 Å². The molecule has 0 amide bonds. The van der Waals surface area contributed by atoms with Crippen molar-refractivity contribution in [3.63, 3.8) is 0 Å². The van der Waals surface area contributed by atoms with Crippen LogP contribution in [0.15, 0.2) is 0 Å². The Hall–Kier alpha value is -0.610. The van der Waals surface area contributed by atoms with Crippen molar-refractivity contribution in [1.29, 1.82) is 0 Å². The number of carbonyl (C=O) groups excluding carboxylic acids is 1. The highest BCUT2D eigenvalue weighted by atomic mass is 16.6. The Bertz CT molecular complexity index is 359. The first-order valence-corrected chi connectivity index (χ1v) is 13.6. The summed E-state index contributed by atoms with van der Waals surface area (Å²) < 4.78 is 10.7. The van der Waals surface area contributed by atoms with Gasteiger partial charge in [-0.15, -0.1) is 0 Å². The van der Waals surface area contributed by atoms with Gasteiger partial charge >= 0.3 is 5.97 Å². The van der Waals surface area contributed by atoms with E-state index in [1.807, 2.05) is 6.92 Å². The molecular weight excluding hydrogens is 388 g/mol. The van der Waals surface area contributed by atoms with Gasteiger partial charge in [-0.2, -0.15) is 0 Å². The second-order valence-electron chi connectivity index (χ2n) is 9.13. The van der Waals surface area contributed by atoms with Crippen molar-refractivity contribution < 1.29 is 19.4 Å². The molecule has 186 valence electrons. The lowest BCUT2D eigenvalue weighted by atomic mass is 10.0. The molecule has 0 rings (SSSR count). The largest absolute Gasteiger partial charge is 0.457 e. The summed E-state index contributed by atoms with van der Waals surface area (Å²) in [4.78, 5) is 11.4. The second kappa shape index (κ2) is 25.6. The summed E-state index contributed by atoms with van der Waals surface area (Å²) in [6.45, 7) is 5.02. The highest BCUT2D eigenvalue weighted by Crippen LogP contribution is 2.14. The van der Waals surface area contributed by atoms with Gasteiger partial charge in [-0.3, -0.25) is 4.79 Å². The highest BCUT2D eigenvalue weighted by molar-refractivity contribution is 5.69. The van der Waals surface area contributed by atoms with E-state index < -0.39 is 6.10 Å². The number of rotatable bonds is 25. The molecule has 0 aliphatic carbocycles. The Balaban J connectivity index is 3.20. The SMILES string of the molecule is CCCCCCCCCCCCCCCCCCCCOCC(CO)OC(=O)CCC. The molecule has 0 aliphatic rings. The van der Waals surface area contributed by atoms with Gasteiger partial charge in [-0.05, 0) is 12.8 Å². The van der Waals surface area contributed by atoms with Crippen LogP contribution >= 0.6 is 0 Å². The van der Waals surface area contributed by atoms with Crippen molar-refractivity contribution in [3.05, 3.63) is 0 Å². The van der Waals surface area contributed by atoms with Crippen LogP contribution in [0.3, 0.4) is 0 Å². The first kappa shape index (κ1) is 30.4. The minimum Gasteiger partial charge on any atom is -0.457 e. The fourth-order valence-electron chi connectivity index (χ4n) is 3.89. The zero-order chi connectivity index (χ0) is 22.8. The van der Waals surface area contributed by atoms with E-state index in [4.69, 9.17) is 9.47 Å². The van der Waals surface area contributed by atoms with Gasteiger partial charge in [0.05, 0.1) is 13.2 Å². The van der Waals surface area contributed by atoms with Gasteiger partial charge in [-0.1, -0.05) is 123 Å². The number of aliphatic hydroxyl groups is 1. The van der Waals surface area contributed by atoms with E-state index in [2.05, 4.69) is 6.92 Å². The monoisotopic (exact) mass is 442 g/mol. The number of unbranched alkanes of at least 4 members (excludes halogenated alkanes) is 17. The maximum atomic E-state index is 11.4. The lowest BCUT2D eigenvalue weighted by Gasteiger charge is -2.15. The zero-order valence-electron chi connectivity index (χ0n) is 21.0. The molecule has 0 fully saturated rings. The van der Waals surface area contributed by atoms with Crippen LogP contribution in [0.1, 0.15) is 142 Å². The predicted octanol–water partition coefficient (Wildman–Crippen LogP) is 7.75. The summed E-state index contributed by atoms with van der Waals surface area (Å²) in [6, 6.07) is 0. The smallest absolute Gasteiger partial charge is 0.306 e. The fourth-order valence-corrected chi connectivity index (χ4v) is 3.89. The summed E-state index contributed by atoms with van der Waals surface area (Å²) in [7, 11) is 0. The Labute approximate surface area is 193 Å². The standard InChI is InChI=1S/C27H54O4/c1-3-5-6-7-8-9-10-11-12-13-14-15-16-17-18-19-20-21-23-30-25-26(24-28)31-27(29)22-4-2/h26,28H,3-25H2,1-2H3. The van der Waals surface area contributed by atoms with Crippen LogP contribution in [0.5, 0.6) is 0 Å². The topological polar surface area (TPSA) is 55.8 Å². The third-order valence-electron chi connectivity index (χ3n) is 5.90. The average Bonchev–Trinajstić information content (AvgIpc) is 2.77. The molecule has 0 heterocycles. The summed E-state index contributed by atoms with van der Waals surface area (Å²) in [5.74, 6) is -0.252. The maximum Gasteiger partial charge on any atom is 0.306 e. The van der Waals surface area contributed by atoms with Gasteiger partial charge in [-0.25, -0.2) is 0 Å². The molecule has 0 aromatic carbocycles. The molecule has 4 heteroatoms. The normalized spacial score (nSPS) is 12.2. The summed E-state index contributed by atoms with van der Waals surface area (Å²) in [6.07, 6.45) is 25.3. The van der Waals surface area contributed by atoms with Crippen LogP contribution in [-0.4, -0.2) is 37.0 Å². The number of esters is 1. The quantitative estimate of drug-likeness (QED) is 0.116. The third kappa shape index (κ3) is 23.9. The minimum atomic E-state index is -0.519. The third-order valence-corrected chi connectivity index (χ3v) is 5.90. The maximum absolute atomic E-state index is 11.4. The second-order valence-corrected chi connectivity index (χ2v) is 9.13. The highest BCUT2D eigenvalue weighted by Gasteiger charge is 2.12. The van der Waals surface area contributed by atoms with Crippen LogP contribution < -0.4 is 0 Å². The van der Waals surface area contributed by atoms with Gasteiger partial charge in [0.25, 0.3) is 0 Å². The first-order chi connectivity index (χ1) is 15.2. The summed E-state index contributed by atoms with van der Waals surface area (Å²) in [5.41, 5.74) is 0. The molecule has 0 aliphatic heterocycles. The Morgan fingerprint density at radius 2 is 1.06 bits per heavy atom. The van der Waals surface area contributed by atoms with Crippen molar-refractivity contribution in [2.75, 3.05) is 19.8 Å². The van der Waals surface area contributed by atoms with Crippen LogP contribution in [0, 0.1) is 0 Å². The molecule has 0 bridgehead atoms. The molecule has 31 heavy (non-hydrogen) atoms. The van der Waals surface area contributed by atoms with Crippen LogP contribution in [0.25, 0.3) is 0 Å². The number of aliphatic hydroxyl groups excluding tert-OH is 1. The van der Waals surface area contributed by atoms with Crippen molar-refractivity contribution in [1.82, 2.24) is 0 Å². The van der Waals surface area contributed by atoms with E-state index in [0.29, 0.717) is 19.6 Å². The van der Waals surface area contributed by atoms with E-state index in [-0.39, 0.29) is 12.6 Å². The van der Waals surface area contributed by atoms with Gasteiger partial charge in [0.15, 0.2) is 0 Å².